The minimum absolute atomic E-state index is 0.217. The third-order valence-electron chi connectivity index (χ3n) is 12.3. The summed E-state index contributed by atoms with van der Waals surface area (Å²) in [6.45, 7) is 11.3. The van der Waals surface area contributed by atoms with Crippen LogP contribution in [-0.2, 0) is 5.41 Å². The highest BCUT2D eigenvalue weighted by Crippen LogP contribution is 2.57. The lowest BCUT2D eigenvalue weighted by Crippen LogP contribution is -2.17. The molecular formula is C60H51N. The van der Waals surface area contributed by atoms with Crippen LogP contribution in [0.3, 0.4) is 0 Å². The van der Waals surface area contributed by atoms with E-state index in [4.69, 9.17) is 0 Å². The molecule has 0 unspecified atom stereocenters. The third kappa shape index (κ3) is 7.72. The van der Waals surface area contributed by atoms with E-state index in [0.717, 1.165) is 11.4 Å². The van der Waals surface area contributed by atoms with Crippen LogP contribution in [0.1, 0.15) is 41.7 Å². The van der Waals surface area contributed by atoms with Gasteiger partial charge < -0.3 is 4.90 Å². The molecule has 0 aromatic heterocycles. The summed E-state index contributed by atoms with van der Waals surface area (Å²) in [5, 5.41) is 0. The summed E-state index contributed by atoms with van der Waals surface area (Å²) in [5.41, 5.74) is 22.4. The maximum atomic E-state index is 2.46. The SMILES string of the molecule is Cc1ccccc1.Cc1ccccc1-c1cc(-c2ccc(N(c3ccc(-c4ccccc4)cc3)c3ccc(-c4ccccc4)cc3)c3c2C(C)(C)c2ccccc2-3)ccc1C. The maximum absolute atomic E-state index is 2.46. The van der Waals surface area contributed by atoms with E-state index in [-0.39, 0.29) is 5.41 Å². The second-order valence-corrected chi connectivity index (χ2v) is 16.7. The molecule has 1 aliphatic rings. The fraction of sp³-hybridized carbons (Fsp3) is 0.100. The van der Waals surface area contributed by atoms with Crippen LogP contribution in [-0.4, -0.2) is 0 Å². The lowest BCUT2D eigenvalue weighted by molar-refractivity contribution is 0.662. The van der Waals surface area contributed by atoms with Crippen molar-refractivity contribution in [2.45, 2.75) is 40.0 Å². The molecular weight excluding hydrogens is 735 g/mol. The van der Waals surface area contributed by atoms with Gasteiger partial charge in [-0.1, -0.05) is 201 Å². The number of rotatable bonds is 7. The first-order chi connectivity index (χ1) is 29.8. The highest BCUT2D eigenvalue weighted by Gasteiger charge is 2.40. The number of nitrogens with zero attached hydrogens (tertiary/aromatic N) is 1. The van der Waals surface area contributed by atoms with Crippen LogP contribution in [0.15, 0.2) is 218 Å². The summed E-state index contributed by atoms with van der Waals surface area (Å²) in [5.74, 6) is 0. The number of hydrogen-bond donors (Lipinski definition) is 0. The lowest BCUT2D eigenvalue weighted by Gasteiger charge is -2.31. The largest absolute Gasteiger partial charge is 0.310 e. The number of aryl methyl sites for hydroxylation is 3. The van der Waals surface area contributed by atoms with Gasteiger partial charge in [-0.2, -0.15) is 0 Å². The Balaban J connectivity index is 0.000000620. The molecule has 0 atom stereocenters. The van der Waals surface area contributed by atoms with Crippen molar-refractivity contribution in [1.82, 2.24) is 0 Å². The zero-order chi connectivity index (χ0) is 41.9. The lowest BCUT2D eigenvalue weighted by atomic mass is 9.78. The van der Waals surface area contributed by atoms with Crippen LogP contribution in [0.2, 0.25) is 0 Å². The molecule has 0 amide bonds. The molecule has 0 bridgehead atoms. The molecule has 9 aromatic carbocycles. The normalized spacial score (nSPS) is 12.1. The zero-order valence-corrected chi connectivity index (χ0v) is 35.7. The van der Waals surface area contributed by atoms with Crippen LogP contribution >= 0.6 is 0 Å². The van der Waals surface area contributed by atoms with Crippen molar-refractivity contribution in [3.63, 3.8) is 0 Å². The van der Waals surface area contributed by atoms with Gasteiger partial charge in [0, 0.05) is 22.4 Å². The summed E-state index contributed by atoms with van der Waals surface area (Å²) in [7, 11) is 0. The van der Waals surface area contributed by atoms with Crippen LogP contribution < -0.4 is 4.90 Å². The Morgan fingerprint density at radius 1 is 0.344 bits per heavy atom. The van der Waals surface area contributed by atoms with Gasteiger partial charge in [-0.25, -0.2) is 0 Å². The fourth-order valence-corrected chi connectivity index (χ4v) is 9.10. The maximum Gasteiger partial charge on any atom is 0.0543 e. The summed E-state index contributed by atoms with van der Waals surface area (Å²) in [4.78, 5) is 2.46. The van der Waals surface area contributed by atoms with E-state index in [1.807, 2.05) is 18.2 Å². The van der Waals surface area contributed by atoms with Crippen LogP contribution in [0.4, 0.5) is 17.1 Å². The number of hydrogen-bond acceptors (Lipinski definition) is 1. The van der Waals surface area contributed by atoms with Crippen molar-refractivity contribution < 1.29 is 0 Å². The van der Waals surface area contributed by atoms with Gasteiger partial charge in [-0.15, -0.1) is 0 Å². The van der Waals surface area contributed by atoms with Crippen molar-refractivity contribution >= 4 is 17.1 Å². The Kier molecular flexibility index (Phi) is 10.8. The van der Waals surface area contributed by atoms with Gasteiger partial charge in [-0.3, -0.25) is 0 Å². The first-order valence-corrected chi connectivity index (χ1v) is 21.3. The Bertz CT molecular complexity index is 2840. The standard InChI is InChI=1S/C53H43N.C7H8/c1-36-15-11-12-20-45(36)48-35-42(24-23-37(48)2)46-33-34-50(51-47-21-13-14-22-49(47)53(3,4)52(46)51)54(43-29-25-40(26-30-43)38-16-7-5-8-17-38)44-31-27-41(28-32-44)39-18-9-6-10-19-39;1-7-5-3-2-4-6-7/h5-35H,1-4H3;2-6H,1H3. The van der Waals surface area contributed by atoms with Crippen LogP contribution in [0.25, 0.3) is 55.6 Å². The number of benzene rings is 9. The van der Waals surface area contributed by atoms with E-state index >= 15 is 0 Å². The molecule has 0 saturated carbocycles. The van der Waals surface area contributed by atoms with Gasteiger partial charge in [0.1, 0.15) is 0 Å². The number of fused-ring (bicyclic) bond motifs is 3. The Morgan fingerprint density at radius 2 is 0.803 bits per heavy atom. The highest BCUT2D eigenvalue weighted by atomic mass is 15.1. The summed E-state index contributed by atoms with van der Waals surface area (Å²) >= 11 is 0. The molecule has 0 radical (unpaired) electrons. The van der Waals surface area contributed by atoms with Gasteiger partial charge in [0.05, 0.1) is 5.69 Å². The van der Waals surface area contributed by atoms with Crippen LogP contribution in [0, 0.1) is 20.8 Å². The fourth-order valence-electron chi connectivity index (χ4n) is 9.10. The predicted octanol–water partition coefficient (Wildman–Crippen LogP) is 16.7. The summed E-state index contributed by atoms with van der Waals surface area (Å²) in [6, 6.07) is 79.1. The molecule has 0 saturated heterocycles. The summed E-state index contributed by atoms with van der Waals surface area (Å²) < 4.78 is 0. The molecule has 0 fully saturated rings. The van der Waals surface area contributed by atoms with E-state index in [9.17, 15) is 0 Å². The smallest absolute Gasteiger partial charge is 0.0543 e. The van der Waals surface area contributed by atoms with Gasteiger partial charge in [0.25, 0.3) is 0 Å². The van der Waals surface area contributed by atoms with E-state index in [2.05, 4.69) is 240 Å². The zero-order valence-electron chi connectivity index (χ0n) is 35.7. The molecule has 9 aromatic rings. The van der Waals surface area contributed by atoms with E-state index < -0.39 is 0 Å². The topological polar surface area (TPSA) is 3.24 Å². The molecule has 0 heterocycles. The van der Waals surface area contributed by atoms with Gasteiger partial charge in [0.15, 0.2) is 0 Å². The van der Waals surface area contributed by atoms with E-state index in [1.165, 1.54) is 89.1 Å². The highest BCUT2D eigenvalue weighted by molar-refractivity contribution is 5.99. The molecule has 10 rings (SSSR count). The first-order valence-electron chi connectivity index (χ1n) is 21.3. The van der Waals surface area contributed by atoms with Gasteiger partial charge in [-0.05, 0) is 129 Å². The minimum atomic E-state index is -0.217. The van der Waals surface area contributed by atoms with Crippen molar-refractivity contribution in [3.05, 3.63) is 246 Å². The molecule has 296 valence electrons. The van der Waals surface area contributed by atoms with Crippen molar-refractivity contribution in [2.75, 3.05) is 4.90 Å². The molecule has 0 aliphatic heterocycles. The van der Waals surface area contributed by atoms with Crippen molar-refractivity contribution in [1.29, 1.82) is 0 Å². The average Bonchev–Trinajstić information content (AvgIpc) is 3.55. The average molecular weight is 786 g/mol. The summed E-state index contributed by atoms with van der Waals surface area (Å²) in [6.07, 6.45) is 0. The Hall–Kier alpha value is -7.22. The molecule has 0 N–H and O–H groups in total. The molecule has 1 nitrogen and oxygen atoms in total. The molecule has 1 heteroatoms. The first kappa shape index (κ1) is 39.3. The van der Waals surface area contributed by atoms with Gasteiger partial charge >= 0.3 is 0 Å². The van der Waals surface area contributed by atoms with Crippen molar-refractivity contribution in [3.8, 4) is 55.6 Å². The Morgan fingerprint density at radius 3 is 1.34 bits per heavy atom. The van der Waals surface area contributed by atoms with Gasteiger partial charge in [0.2, 0.25) is 0 Å². The minimum Gasteiger partial charge on any atom is -0.310 e. The second-order valence-electron chi connectivity index (χ2n) is 16.7. The predicted molar refractivity (Wildman–Crippen MR) is 261 cm³/mol. The molecule has 1 aliphatic carbocycles. The van der Waals surface area contributed by atoms with Crippen molar-refractivity contribution in [2.24, 2.45) is 0 Å². The third-order valence-corrected chi connectivity index (χ3v) is 12.3. The Labute approximate surface area is 362 Å². The monoisotopic (exact) mass is 785 g/mol. The van der Waals surface area contributed by atoms with Crippen LogP contribution in [0.5, 0.6) is 0 Å². The molecule has 0 spiro atoms. The van der Waals surface area contributed by atoms with E-state index in [1.54, 1.807) is 0 Å². The quantitative estimate of drug-likeness (QED) is 0.156. The second kappa shape index (κ2) is 16.8. The molecule has 61 heavy (non-hydrogen) atoms. The number of anilines is 3. The van der Waals surface area contributed by atoms with E-state index in [0.29, 0.717) is 0 Å².